The van der Waals surface area contributed by atoms with Gasteiger partial charge in [-0.25, -0.2) is 19.7 Å². The number of nitrogens with one attached hydrogen (secondary N) is 2. The largest absolute Gasteiger partial charge is 0.456 e. The number of halogens is 4. The van der Waals surface area contributed by atoms with E-state index in [9.17, 15) is 18.0 Å². The fourth-order valence-corrected chi connectivity index (χ4v) is 4.70. The van der Waals surface area contributed by atoms with Gasteiger partial charge in [-0.1, -0.05) is 31.2 Å². The predicted molar refractivity (Wildman–Crippen MR) is 150 cm³/mol. The van der Waals surface area contributed by atoms with Crippen molar-refractivity contribution in [2.24, 2.45) is 0 Å². The van der Waals surface area contributed by atoms with E-state index in [0.717, 1.165) is 18.2 Å². The van der Waals surface area contributed by atoms with Gasteiger partial charge in [-0.15, -0.1) is 0 Å². The van der Waals surface area contributed by atoms with Crippen LogP contribution in [0.3, 0.4) is 0 Å². The highest BCUT2D eigenvalue weighted by Crippen LogP contribution is 2.42. The minimum atomic E-state index is -4.78. The molecule has 0 unspecified atom stereocenters. The van der Waals surface area contributed by atoms with Crippen LogP contribution < -0.4 is 15.4 Å². The molecule has 40 heavy (non-hydrogen) atoms. The molecule has 0 aliphatic carbocycles. The zero-order valence-corrected chi connectivity index (χ0v) is 24.0. The number of alkyl halides is 3. The van der Waals surface area contributed by atoms with Crippen molar-refractivity contribution in [2.75, 3.05) is 17.2 Å². The van der Waals surface area contributed by atoms with E-state index in [-0.39, 0.29) is 28.9 Å². The number of carbonyl (C=O) groups is 1. The Morgan fingerprint density at radius 3 is 2.42 bits per heavy atom. The van der Waals surface area contributed by atoms with Crippen LogP contribution in [0.5, 0.6) is 11.5 Å². The van der Waals surface area contributed by atoms with Crippen molar-refractivity contribution in [3.63, 3.8) is 0 Å². The van der Waals surface area contributed by atoms with Crippen molar-refractivity contribution < 1.29 is 27.4 Å². The number of amides is 2. The van der Waals surface area contributed by atoms with E-state index in [1.807, 2.05) is 0 Å². The predicted octanol–water partition coefficient (Wildman–Crippen LogP) is 7.56. The number of rotatable bonds is 9. The van der Waals surface area contributed by atoms with Gasteiger partial charge < -0.3 is 24.7 Å². The van der Waals surface area contributed by atoms with Gasteiger partial charge in [0, 0.05) is 32.8 Å². The number of aromatic nitrogens is 4. The quantitative estimate of drug-likeness (QED) is 0.154. The van der Waals surface area contributed by atoms with Gasteiger partial charge in [0.25, 0.3) is 0 Å². The van der Waals surface area contributed by atoms with Crippen LogP contribution >= 0.6 is 11.6 Å². The van der Waals surface area contributed by atoms with Crippen molar-refractivity contribution in [3.8, 4) is 11.5 Å². The summed E-state index contributed by atoms with van der Waals surface area (Å²) in [5, 5.41) is 5.46. The lowest BCUT2D eigenvalue weighted by molar-refractivity contribution is -0.138. The minimum Gasteiger partial charge on any atom is -0.456 e. The Balaban J connectivity index is 1.55. The van der Waals surface area contributed by atoms with Crippen molar-refractivity contribution in [3.05, 3.63) is 65.5 Å². The molecule has 0 fully saturated rings. The molecule has 0 saturated carbocycles. The fourth-order valence-electron chi connectivity index (χ4n) is 3.65. The van der Waals surface area contributed by atoms with Gasteiger partial charge in [0.05, 0.1) is 28.5 Å². The van der Waals surface area contributed by atoms with Crippen LogP contribution in [0.25, 0.3) is 11.0 Å². The van der Waals surface area contributed by atoms with E-state index < -0.39 is 31.6 Å². The summed E-state index contributed by atoms with van der Waals surface area (Å²) in [6.45, 7) is 9.19. The van der Waals surface area contributed by atoms with Gasteiger partial charge in [-0.2, -0.15) is 13.2 Å². The highest BCUT2D eigenvalue weighted by molar-refractivity contribution is 6.76. The lowest BCUT2D eigenvalue weighted by atomic mass is 10.1. The van der Waals surface area contributed by atoms with E-state index in [2.05, 4.69) is 45.2 Å². The molecule has 0 spiro atoms. The van der Waals surface area contributed by atoms with Gasteiger partial charge in [0.2, 0.25) is 0 Å². The average Bonchev–Trinajstić information content (AvgIpc) is 3.19. The highest BCUT2D eigenvalue weighted by atomic mass is 35.5. The number of ether oxygens (including phenoxy) is 2. The fraction of sp³-hybridized carbons (Fsp3) is 0.308. The number of pyridine rings is 1. The molecule has 9 nitrogen and oxygen atoms in total. The zero-order valence-electron chi connectivity index (χ0n) is 22.3. The highest BCUT2D eigenvalue weighted by Gasteiger charge is 2.35. The van der Waals surface area contributed by atoms with Crippen LogP contribution in [0, 0.1) is 6.92 Å². The third-order valence-electron chi connectivity index (χ3n) is 5.70. The summed E-state index contributed by atoms with van der Waals surface area (Å²) in [4.78, 5) is 24.5. The van der Waals surface area contributed by atoms with Crippen molar-refractivity contribution in [1.29, 1.82) is 0 Å². The first-order valence-corrected chi connectivity index (χ1v) is 16.4. The van der Waals surface area contributed by atoms with Crippen LogP contribution in [0.2, 0.25) is 30.7 Å². The molecule has 0 aliphatic heterocycles. The van der Waals surface area contributed by atoms with Crippen LogP contribution in [0.1, 0.15) is 11.4 Å². The molecule has 4 rings (SSSR count). The van der Waals surface area contributed by atoms with Crippen molar-refractivity contribution in [2.45, 2.75) is 45.5 Å². The van der Waals surface area contributed by atoms with E-state index in [1.165, 1.54) is 30.7 Å². The number of anilines is 2. The summed E-state index contributed by atoms with van der Waals surface area (Å²) < 4.78 is 55.3. The molecule has 3 aromatic heterocycles. The topological polar surface area (TPSA) is 103 Å². The zero-order chi connectivity index (χ0) is 29.1. The molecule has 14 heteroatoms. The standard InChI is InChI=1S/C26H28ClF3N6O3Si/c1-16-32-12-18(13-33-16)35-25(37)34-17-5-6-21(19(11-17)26(28,29)30)39-22-7-8-31-24-23(22)20(27)14-36(24)15-38-9-10-40(2,3)4/h5-8,11-14H,9-10,15H2,1-4H3,(H2,34,35,37). The number of hydrogen-bond acceptors (Lipinski definition) is 6. The Hall–Kier alpha value is -3.68. The maximum Gasteiger partial charge on any atom is 0.420 e. The number of aryl methyl sites for hydroxylation is 1. The lowest BCUT2D eigenvalue weighted by Crippen LogP contribution is -2.22. The molecule has 2 amide bonds. The Morgan fingerprint density at radius 2 is 1.75 bits per heavy atom. The average molecular weight is 593 g/mol. The number of fused-ring (bicyclic) bond motifs is 1. The molecule has 0 atom stereocenters. The Bertz CT molecular complexity index is 1510. The van der Waals surface area contributed by atoms with E-state index in [4.69, 9.17) is 21.1 Å². The lowest BCUT2D eigenvalue weighted by Gasteiger charge is -2.16. The summed E-state index contributed by atoms with van der Waals surface area (Å²) in [5.74, 6) is 0.138. The number of nitrogens with zero attached hydrogens (tertiary/aromatic N) is 4. The second-order valence-corrected chi connectivity index (χ2v) is 16.2. The summed E-state index contributed by atoms with van der Waals surface area (Å²) in [6, 6.07) is 4.88. The van der Waals surface area contributed by atoms with Crippen molar-refractivity contribution in [1.82, 2.24) is 19.5 Å². The monoisotopic (exact) mass is 592 g/mol. The maximum absolute atomic E-state index is 14.0. The minimum absolute atomic E-state index is 0.0928. The van der Waals surface area contributed by atoms with Gasteiger partial charge in [-0.3, -0.25) is 0 Å². The second-order valence-electron chi connectivity index (χ2n) is 10.2. The molecular formula is C26H28ClF3N6O3Si. The third kappa shape index (κ3) is 7.49. The van der Waals surface area contributed by atoms with Gasteiger partial charge in [0.15, 0.2) is 0 Å². The number of urea groups is 1. The van der Waals surface area contributed by atoms with Gasteiger partial charge in [0.1, 0.15) is 35.3 Å². The molecular weight excluding hydrogens is 565 g/mol. The molecule has 0 aliphatic rings. The third-order valence-corrected chi connectivity index (χ3v) is 7.69. The normalized spacial score (nSPS) is 12.0. The molecule has 0 bridgehead atoms. The molecule has 212 valence electrons. The molecule has 4 aromatic rings. The van der Waals surface area contributed by atoms with Crippen LogP contribution in [0.4, 0.5) is 29.3 Å². The summed E-state index contributed by atoms with van der Waals surface area (Å²) in [5.41, 5.74) is -0.478. The molecule has 0 radical (unpaired) electrons. The van der Waals surface area contributed by atoms with E-state index >= 15 is 0 Å². The van der Waals surface area contributed by atoms with Crippen molar-refractivity contribution >= 4 is 48.1 Å². The Morgan fingerprint density at radius 1 is 1.05 bits per heavy atom. The van der Waals surface area contributed by atoms with Gasteiger partial charge in [-0.05, 0) is 37.2 Å². The molecule has 3 heterocycles. The van der Waals surface area contributed by atoms with E-state index in [1.54, 1.807) is 17.7 Å². The van der Waals surface area contributed by atoms with Gasteiger partial charge >= 0.3 is 12.2 Å². The summed E-state index contributed by atoms with van der Waals surface area (Å²) >= 11 is 6.45. The maximum atomic E-state index is 14.0. The molecule has 0 saturated heterocycles. The Kier molecular flexibility index (Phi) is 8.66. The van der Waals surface area contributed by atoms with Crippen LogP contribution in [0.15, 0.2) is 49.1 Å². The number of hydrogen-bond donors (Lipinski definition) is 2. The van der Waals surface area contributed by atoms with E-state index in [0.29, 0.717) is 23.5 Å². The van der Waals surface area contributed by atoms with Crippen LogP contribution in [-0.2, 0) is 17.6 Å². The smallest absolute Gasteiger partial charge is 0.420 e. The first-order valence-electron chi connectivity index (χ1n) is 12.3. The number of benzene rings is 1. The first-order chi connectivity index (χ1) is 18.8. The van der Waals surface area contributed by atoms with Crippen LogP contribution in [-0.4, -0.2) is 40.2 Å². The molecule has 1 aromatic carbocycles. The summed E-state index contributed by atoms with van der Waals surface area (Å²) in [7, 11) is -1.27. The SMILES string of the molecule is Cc1ncc(NC(=O)Nc2ccc(Oc3ccnc4c3c(Cl)cn4COCC[Si](C)(C)C)c(C(F)(F)F)c2)cn1. The first kappa shape index (κ1) is 29.3. The Labute approximate surface area is 234 Å². The molecule has 2 N–H and O–H groups in total. The number of carbonyl (C=O) groups excluding carboxylic acids is 1. The second kappa shape index (κ2) is 11.8. The summed E-state index contributed by atoms with van der Waals surface area (Å²) in [6.07, 6.45) is 1.02.